The maximum atomic E-state index is 12.3. The van der Waals surface area contributed by atoms with Crippen LogP contribution in [0.3, 0.4) is 0 Å². The lowest BCUT2D eigenvalue weighted by Crippen LogP contribution is -2.07. The van der Waals surface area contributed by atoms with Crippen LogP contribution in [0.2, 0.25) is 0 Å². The molecule has 48 heavy (non-hydrogen) atoms. The molecule has 0 aromatic heterocycles. The largest absolute Gasteiger partial charge is 0.505 e. The molecule has 0 aliphatic carbocycles. The van der Waals surface area contributed by atoms with Crippen molar-refractivity contribution >= 4 is 84.5 Å². The van der Waals surface area contributed by atoms with E-state index in [4.69, 9.17) is 25.5 Å². The van der Waals surface area contributed by atoms with Crippen molar-refractivity contribution in [1.29, 1.82) is 0 Å². The Balaban J connectivity index is 0.00000625. The fraction of sp³-hybridized carbons (Fsp3) is 0.154. The summed E-state index contributed by atoms with van der Waals surface area (Å²) in [6.45, 7) is 1.74. The summed E-state index contributed by atoms with van der Waals surface area (Å²) in [6.07, 6.45) is 0. The maximum absolute atomic E-state index is 12.3. The average Bonchev–Trinajstić information content (AvgIpc) is 3.03. The van der Waals surface area contributed by atoms with Crippen molar-refractivity contribution in [3.05, 3.63) is 66.2 Å². The van der Waals surface area contributed by atoms with Crippen LogP contribution in [0.15, 0.2) is 95.8 Å². The molecule has 0 fully saturated rings. The van der Waals surface area contributed by atoms with Gasteiger partial charge in [0.2, 0.25) is 0 Å². The summed E-state index contributed by atoms with van der Waals surface area (Å²) in [6, 6.07) is 15.4. The summed E-state index contributed by atoms with van der Waals surface area (Å²) in [4.78, 5) is 4.73. The van der Waals surface area contributed by atoms with Gasteiger partial charge in [-0.3, -0.25) is 4.55 Å². The van der Waals surface area contributed by atoms with E-state index in [1.165, 1.54) is 6.07 Å². The van der Waals surface area contributed by atoms with Crippen molar-refractivity contribution in [1.82, 2.24) is 0 Å². The number of azo groups is 2. The van der Waals surface area contributed by atoms with Crippen LogP contribution in [0.5, 0.6) is 5.75 Å². The fourth-order valence-electron chi connectivity index (χ4n) is 3.69. The zero-order valence-electron chi connectivity index (χ0n) is 23.7. The number of nitrogen functional groups attached to an aromatic ring is 1. The van der Waals surface area contributed by atoms with Gasteiger partial charge in [-0.05, 0) is 60.8 Å². The highest BCUT2D eigenvalue weighted by Gasteiger charge is 2.25. The minimum Gasteiger partial charge on any atom is -0.505 e. The van der Waals surface area contributed by atoms with Gasteiger partial charge < -0.3 is 10.8 Å². The molecule has 18 nitrogen and oxygen atoms in total. The Morgan fingerprint density at radius 3 is 2.10 bits per heavy atom. The van der Waals surface area contributed by atoms with Gasteiger partial charge in [-0.2, -0.15) is 23.0 Å². The van der Waals surface area contributed by atoms with Crippen LogP contribution in [0.25, 0.3) is 10.8 Å². The lowest BCUT2D eigenvalue weighted by Gasteiger charge is -2.14. The number of hydrogen-bond acceptors (Lipinski definition) is 19. The van der Waals surface area contributed by atoms with Crippen LogP contribution in [0.4, 0.5) is 28.4 Å². The number of fused-ring (bicyclic) bond motifs is 1. The molecule has 1 atom stereocenters. The molecule has 0 spiro atoms. The number of hydrogen-bond donors (Lipinski definition) is 5. The molecule has 4 aromatic carbocycles. The van der Waals surface area contributed by atoms with Gasteiger partial charge in [0.1, 0.15) is 16.3 Å². The van der Waals surface area contributed by atoms with E-state index < -0.39 is 37.5 Å². The molecule has 22 heteroatoms. The first-order chi connectivity index (χ1) is 22.5. The van der Waals surface area contributed by atoms with Crippen LogP contribution in [0.1, 0.15) is 13.0 Å². The third kappa shape index (κ3) is 10.4. The van der Waals surface area contributed by atoms with E-state index in [0.717, 1.165) is 23.7 Å². The SMILES string of the molecule is C.Cc1ccc(N=Nc2c(S(=O)(=O)O)cc3cc(SOOO)c(N=Nc4ccc(SOOCCS(=O)OOO)cc4)c(O)c3c2N)cc1. The molecule has 0 aliphatic heterocycles. The summed E-state index contributed by atoms with van der Waals surface area (Å²) < 4.78 is 59.1. The Kier molecular flexibility index (Phi) is 14.7. The predicted octanol–water partition coefficient (Wildman–Crippen LogP) is 7.62. The second-order valence-electron chi connectivity index (χ2n) is 8.86. The highest BCUT2D eigenvalue weighted by molar-refractivity contribution is 7.95. The summed E-state index contributed by atoms with van der Waals surface area (Å²) in [5.41, 5.74) is 6.94. The molecule has 0 heterocycles. The molecule has 4 rings (SSSR count). The number of benzene rings is 4. The van der Waals surface area contributed by atoms with E-state index in [9.17, 15) is 22.3 Å². The van der Waals surface area contributed by atoms with Crippen molar-refractivity contribution in [2.75, 3.05) is 18.1 Å². The van der Waals surface area contributed by atoms with Gasteiger partial charge in [0.15, 0.2) is 16.8 Å². The molecule has 1 unspecified atom stereocenters. The van der Waals surface area contributed by atoms with Crippen LogP contribution >= 0.6 is 24.1 Å². The van der Waals surface area contributed by atoms with E-state index in [1.807, 2.05) is 6.92 Å². The first-order valence-corrected chi connectivity index (χ1v) is 16.8. The van der Waals surface area contributed by atoms with Gasteiger partial charge in [0.25, 0.3) is 10.1 Å². The lowest BCUT2D eigenvalue weighted by atomic mass is 10.1. The number of phenols is 1. The lowest BCUT2D eigenvalue weighted by molar-refractivity contribution is -0.435. The average molecular weight is 746 g/mol. The predicted molar refractivity (Wildman–Crippen MR) is 174 cm³/mol. The number of nitrogens with two attached hydrogens (primary N) is 1. The van der Waals surface area contributed by atoms with Gasteiger partial charge in [0, 0.05) is 4.90 Å². The van der Waals surface area contributed by atoms with Crippen molar-refractivity contribution in [3.8, 4) is 5.75 Å². The Labute approximate surface area is 284 Å². The first kappa shape index (κ1) is 38.8. The summed E-state index contributed by atoms with van der Waals surface area (Å²) in [7, 11) is -4.88. The normalized spacial score (nSPS) is 12.6. The zero-order chi connectivity index (χ0) is 34.0. The number of aromatic hydroxyl groups is 1. The van der Waals surface area contributed by atoms with E-state index in [2.05, 4.69) is 39.2 Å². The molecular weight excluding hydrogens is 719 g/mol. The Hall–Kier alpha value is -3.62. The molecule has 4 aromatic rings. The highest BCUT2D eigenvalue weighted by atomic mass is 32.2. The minimum absolute atomic E-state index is 0. The summed E-state index contributed by atoms with van der Waals surface area (Å²) >= 11 is -0.694. The van der Waals surface area contributed by atoms with Crippen molar-refractivity contribution in [2.45, 2.75) is 29.0 Å². The monoisotopic (exact) mass is 745 g/mol. The number of phenolic OH excluding ortho intramolecular Hbond substituents is 1. The second-order valence-corrected chi connectivity index (χ2v) is 12.9. The van der Waals surface area contributed by atoms with Crippen molar-refractivity contribution < 1.29 is 60.8 Å². The number of nitrogens with zero attached hydrogens (tertiary/aromatic N) is 4. The Bertz CT molecular complexity index is 1900. The van der Waals surface area contributed by atoms with Crippen LogP contribution in [0, 0.1) is 6.92 Å². The van der Waals surface area contributed by atoms with Gasteiger partial charge in [-0.1, -0.05) is 35.2 Å². The first-order valence-electron chi connectivity index (χ1n) is 12.6. The fourth-order valence-corrected chi connectivity index (χ4v) is 5.63. The number of anilines is 1. The molecular formula is C26H27N5O13S4. The minimum atomic E-state index is -4.88. The topological polar surface area (TPSA) is 263 Å². The Morgan fingerprint density at radius 2 is 1.50 bits per heavy atom. The second kappa shape index (κ2) is 18.2. The molecule has 0 amide bonds. The van der Waals surface area contributed by atoms with Crippen molar-refractivity contribution in [3.63, 3.8) is 0 Å². The van der Waals surface area contributed by atoms with E-state index in [0.29, 0.717) is 28.3 Å². The molecule has 0 radical (unpaired) electrons. The van der Waals surface area contributed by atoms with E-state index in [-0.39, 0.29) is 46.8 Å². The zero-order valence-corrected chi connectivity index (χ0v) is 26.9. The molecule has 0 saturated heterocycles. The standard InChI is InChI=1S/C25H23N5O13S4.CH4/c1-14-2-4-16(5-3-14)28-30-24-20(47(35,36)37)13-15-12-19(45-42-39-32)23(25(31)21(15)22(24)26)29-27-17-6-8-18(9-7-17)44-41-38-10-11-46(34)43-40-33;/h2-9,12-13,31-33H,10-11,26H2,1H3,(H,35,36,37);1H4. The maximum Gasteiger partial charge on any atom is 0.296 e. The third-order valence-electron chi connectivity index (χ3n) is 5.77. The van der Waals surface area contributed by atoms with Gasteiger partial charge >= 0.3 is 0 Å². The van der Waals surface area contributed by atoms with Gasteiger partial charge in [0.05, 0.1) is 63.8 Å². The third-order valence-corrected chi connectivity index (χ3v) is 8.59. The van der Waals surface area contributed by atoms with Gasteiger partial charge in [-0.25, -0.2) is 19.6 Å². The summed E-state index contributed by atoms with van der Waals surface area (Å²) in [5.74, 6) is -0.708. The van der Waals surface area contributed by atoms with E-state index >= 15 is 0 Å². The van der Waals surface area contributed by atoms with Gasteiger partial charge in [-0.15, -0.1) is 18.9 Å². The van der Waals surface area contributed by atoms with Crippen LogP contribution in [-0.2, 0) is 49.2 Å². The summed E-state index contributed by atoms with van der Waals surface area (Å²) in [5, 5.41) is 51.1. The van der Waals surface area contributed by atoms with Crippen LogP contribution in [-0.4, -0.2) is 45.2 Å². The molecule has 0 saturated carbocycles. The molecule has 6 N–H and O–H groups in total. The number of rotatable bonds is 16. The van der Waals surface area contributed by atoms with E-state index in [1.54, 1.807) is 48.5 Å². The smallest absolute Gasteiger partial charge is 0.296 e. The van der Waals surface area contributed by atoms with Crippen LogP contribution < -0.4 is 5.73 Å². The quantitative estimate of drug-likeness (QED) is 0.0140. The Morgan fingerprint density at radius 1 is 0.875 bits per heavy atom. The highest BCUT2D eigenvalue weighted by Crippen LogP contribution is 2.49. The molecule has 258 valence electrons. The molecule has 0 bridgehead atoms. The van der Waals surface area contributed by atoms with Crippen molar-refractivity contribution in [2.24, 2.45) is 20.5 Å². The molecule has 0 aliphatic rings. The number of aryl methyl sites for hydroxylation is 1.